The van der Waals surface area contributed by atoms with Gasteiger partial charge in [-0.3, -0.25) is 24.1 Å². The number of carbonyl (C=O) groups is 6. The second-order valence-corrected chi connectivity index (χ2v) is 20.6. The number of carboxylic acid groups (broad SMARTS) is 1. The van der Waals surface area contributed by atoms with Crippen molar-refractivity contribution in [2.75, 3.05) is 47.1 Å². The first-order valence-corrected chi connectivity index (χ1v) is 24.9. The van der Waals surface area contributed by atoms with Gasteiger partial charge in [-0.1, -0.05) is 18.6 Å². The maximum absolute atomic E-state index is 14.6. The molecule has 3 saturated heterocycles. The van der Waals surface area contributed by atoms with Gasteiger partial charge in [0.2, 0.25) is 11.7 Å². The SMILES string of the molecule is COc1cccc2c1C(=O)c1c(O)c3c(c(O)c1C2=O)C[C@@](O)(C(=O)COC1(OCC(=O)NCCCC[C@H](NC(=O)OC(C)(C)C)C(=O)O)CCCCC1)C[C@@H]3O[C@H]1C[C@H]2[C@H](O[C@@H]3[C@@H](OC)OCCN32)C(C)O1. The number of morpholine rings is 1. The van der Waals surface area contributed by atoms with E-state index in [1.807, 2.05) is 6.92 Å². The number of aliphatic hydroxyl groups is 1. The first-order chi connectivity index (χ1) is 34.7. The van der Waals surface area contributed by atoms with Crippen molar-refractivity contribution in [3.8, 4) is 17.2 Å². The van der Waals surface area contributed by atoms with E-state index in [1.165, 1.54) is 32.4 Å². The molecule has 1 saturated carbocycles. The van der Waals surface area contributed by atoms with E-state index < -0.39 is 144 Å². The van der Waals surface area contributed by atoms with Gasteiger partial charge in [-0.15, -0.1) is 0 Å². The number of ether oxygens (including phenoxy) is 9. The van der Waals surface area contributed by atoms with Crippen LogP contribution in [0.3, 0.4) is 0 Å². The number of fused-ring (bicyclic) bond motifs is 6. The van der Waals surface area contributed by atoms with Gasteiger partial charge >= 0.3 is 12.1 Å². The van der Waals surface area contributed by atoms with E-state index in [0.29, 0.717) is 51.7 Å². The van der Waals surface area contributed by atoms with Crippen LogP contribution in [0.4, 0.5) is 4.79 Å². The van der Waals surface area contributed by atoms with Crippen LogP contribution in [0.5, 0.6) is 17.2 Å². The summed E-state index contributed by atoms with van der Waals surface area (Å²) in [5.41, 5.74) is -4.60. The number of carbonyl (C=O) groups excluding carboxylic acids is 5. The fourth-order valence-electron chi connectivity index (χ4n) is 11.0. The van der Waals surface area contributed by atoms with E-state index in [1.54, 1.807) is 20.8 Å². The average molecular weight is 1030 g/mol. The predicted octanol–water partition coefficient (Wildman–Crippen LogP) is 3.68. The van der Waals surface area contributed by atoms with Gasteiger partial charge < -0.3 is 73.7 Å². The highest BCUT2D eigenvalue weighted by Gasteiger charge is 2.55. The minimum absolute atomic E-state index is 0.0741. The lowest BCUT2D eigenvalue weighted by atomic mass is 9.72. The minimum atomic E-state index is -2.35. The number of aromatic hydroxyl groups is 2. The van der Waals surface area contributed by atoms with Crippen molar-refractivity contribution < 1.29 is 91.8 Å². The predicted molar refractivity (Wildman–Crippen MR) is 252 cm³/mol. The van der Waals surface area contributed by atoms with Crippen LogP contribution in [0.15, 0.2) is 18.2 Å². The van der Waals surface area contributed by atoms with Gasteiger partial charge in [-0.2, -0.15) is 0 Å². The summed E-state index contributed by atoms with van der Waals surface area (Å²) in [6, 6.07) is 2.98. The lowest BCUT2D eigenvalue weighted by Gasteiger charge is -2.43. The van der Waals surface area contributed by atoms with Crippen LogP contribution in [0.1, 0.15) is 141 Å². The maximum atomic E-state index is 14.6. The van der Waals surface area contributed by atoms with E-state index in [0.717, 1.165) is 6.42 Å². The van der Waals surface area contributed by atoms with Crippen molar-refractivity contribution in [3.63, 3.8) is 0 Å². The number of aliphatic carboxylic acids is 1. The molecule has 22 nitrogen and oxygen atoms in total. The number of unbranched alkanes of at least 4 members (excludes halogenated alkanes) is 1. The summed E-state index contributed by atoms with van der Waals surface area (Å²) in [5, 5.41) is 51.6. The third kappa shape index (κ3) is 11.2. The second-order valence-electron chi connectivity index (χ2n) is 20.6. The number of nitrogens with one attached hydrogen (secondary N) is 2. The molecule has 3 aliphatic carbocycles. The first-order valence-electron chi connectivity index (χ1n) is 24.9. The molecular weight excluding hydrogens is 959 g/mol. The van der Waals surface area contributed by atoms with Gasteiger partial charge in [0.25, 0.3) is 0 Å². The van der Waals surface area contributed by atoms with Crippen molar-refractivity contribution >= 4 is 35.3 Å². The first kappa shape index (κ1) is 54.0. The third-order valence-corrected chi connectivity index (χ3v) is 14.5. The van der Waals surface area contributed by atoms with Crippen molar-refractivity contribution in [1.29, 1.82) is 0 Å². The minimum Gasteiger partial charge on any atom is -0.507 e. The zero-order valence-electron chi connectivity index (χ0n) is 42.0. The number of methoxy groups -OCH3 is 2. The van der Waals surface area contributed by atoms with Crippen LogP contribution in [0, 0.1) is 0 Å². The molecule has 3 aliphatic heterocycles. The van der Waals surface area contributed by atoms with E-state index in [2.05, 4.69) is 15.5 Å². The highest BCUT2D eigenvalue weighted by Crippen LogP contribution is 2.53. The summed E-state index contributed by atoms with van der Waals surface area (Å²) >= 11 is 0. The zero-order chi connectivity index (χ0) is 52.6. The molecule has 0 spiro atoms. The number of carboxylic acids is 1. The van der Waals surface area contributed by atoms with E-state index in [4.69, 9.17) is 42.6 Å². The number of Topliss-reactive ketones (excluding diaryl/α,β-unsaturated/α-hetero) is 1. The van der Waals surface area contributed by atoms with Gasteiger partial charge in [0, 0.05) is 75.0 Å². The molecule has 0 aromatic heterocycles. The van der Waals surface area contributed by atoms with Gasteiger partial charge in [0.05, 0.1) is 42.6 Å². The fourth-order valence-corrected chi connectivity index (χ4v) is 11.0. The van der Waals surface area contributed by atoms with Crippen molar-refractivity contribution in [3.05, 3.63) is 51.6 Å². The van der Waals surface area contributed by atoms with Crippen LogP contribution in [-0.4, -0.2) is 168 Å². The summed E-state index contributed by atoms with van der Waals surface area (Å²) < 4.78 is 53.7. The summed E-state index contributed by atoms with van der Waals surface area (Å²) in [6.07, 6.45) is -2.66. The lowest BCUT2D eigenvalue weighted by Crippen LogP contribution is -2.55. The number of hydrogen-bond donors (Lipinski definition) is 6. The number of rotatable bonds is 18. The van der Waals surface area contributed by atoms with Crippen molar-refractivity contribution in [2.24, 2.45) is 0 Å². The Labute approximate surface area is 422 Å². The molecule has 2 amide bonds. The fraction of sp³-hybridized carbons (Fsp3) is 0.647. The van der Waals surface area contributed by atoms with Crippen LogP contribution in [0.25, 0.3) is 0 Å². The smallest absolute Gasteiger partial charge is 0.408 e. The third-order valence-electron chi connectivity index (χ3n) is 14.5. The summed E-state index contributed by atoms with van der Waals surface area (Å²) in [6.45, 7) is 6.74. The van der Waals surface area contributed by atoms with Gasteiger partial charge in [-0.05, 0) is 65.9 Å². The molecule has 1 unspecified atom stereocenters. The molecule has 0 bridgehead atoms. The average Bonchev–Trinajstić information content (AvgIpc) is 3.73. The quantitative estimate of drug-likeness (QED) is 0.0602. The molecular formula is C51H67N3O19. The number of amides is 2. The largest absolute Gasteiger partial charge is 0.507 e. The molecule has 6 N–H and O–H groups in total. The van der Waals surface area contributed by atoms with Crippen molar-refractivity contribution in [1.82, 2.24) is 15.5 Å². The Morgan fingerprint density at radius 1 is 0.945 bits per heavy atom. The molecule has 2 aromatic rings. The van der Waals surface area contributed by atoms with Crippen LogP contribution < -0.4 is 15.4 Å². The Balaban J connectivity index is 0.986. The van der Waals surface area contributed by atoms with E-state index >= 15 is 0 Å². The second kappa shape index (κ2) is 21.9. The van der Waals surface area contributed by atoms with Gasteiger partial charge in [0.1, 0.15) is 53.8 Å². The molecule has 4 fully saturated rings. The van der Waals surface area contributed by atoms with Crippen molar-refractivity contribution in [2.45, 2.75) is 165 Å². The summed E-state index contributed by atoms with van der Waals surface area (Å²) in [4.78, 5) is 82.1. The molecule has 6 aliphatic rings. The molecule has 9 atom stereocenters. The molecule has 22 heteroatoms. The molecule has 8 rings (SSSR count). The number of phenols is 2. The highest BCUT2D eigenvalue weighted by molar-refractivity contribution is 6.31. The van der Waals surface area contributed by atoms with Crippen LogP contribution in [-0.2, 0) is 58.7 Å². The molecule has 0 radical (unpaired) electrons. The van der Waals surface area contributed by atoms with Crippen LogP contribution in [0.2, 0.25) is 0 Å². The number of phenolic OH excluding ortho intramolecular Hbond substituents is 2. The number of hydrogen-bond acceptors (Lipinski definition) is 19. The molecule has 3 heterocycles. The topological polar surface area (TPSA) is 294 Å². The Hall–Kier alpha value is -5.30. The van der Waals surface area contributed by atoms with Gasteiger partial charge in [0.15, 0.2) is 36.2 Å². The Kier molecular flexibility index (Phi) is 16.2. The lowest BCUT2D eigenvalue weighted by molar-refractivity contribution is -0.258. The van der Waals surface area contributed by atoms with Gasteiger partial charge in [-0.25, -0.2) is 9.59 Å². The Morgan fingerprint density at radius 3 is 2.37 bits per heavy atom. The number of ketones is 3. The van der Waals surface area contributed by atoms with Crippen LogP contribution >= 0.6 is 0 Å². The number of benzene rings is 2. The number of nitrogens with zero attached hydrogens (tertiary/aromatic N) is 1. The summed E-state index contributed by atoms with van der Waals surface area (Å²) in [5.74, 6) is -6.81. The standard InChI is InChI=1S/C51H67N3O19/c1-26-44-30(54-19-20-67-47(66-6)45(54)72-44)21-35(70-26)71-32-23-50(64,22-28-37(32)43(60)39-38(41(28)58)40(57)27-13-12-15-31(65-5)36(27)42(39)59)33(55)24-68-51(16-9-7-10-17-51)69-25-34(56)52-18-11-8-14-29(46(61)62)53-48(63)73-49(2,3)4/h12-13,15,26,29-30,32,35,44-45,47,58,60,64H,7-11,14,16-25H2,1-6H3,(H,52,56)(H,53,63)(H,61,62)/t26?,29-,30-,32-,35-,44+,45+,47-,50-/m0/s1. The normalized spacial score (nSPS) is 27.8. The zero-order valence-corrected chi connectivity index (χ0v) is 42.0. The molecule has 73 heavy (non-hydrogen) atoms. The summed E-state index contributed by atoms with van der Waals surface area (Å²) in [7, 11) is 2.86. The number of alkyl carbamates (subject to hydrolysis) is 1. The monoisotopic (exact) mass is 1030 g/mol. The highest BCUT2D eigenvalue weighted by atomic mass is 16.7. The molecule has 400 valence electrons. The Morgan fingerprint density at radius 2 is 1.67 bits per heavy atom. The molecule has 2 aromatic carbocycles. The Bertz CT molecular complexity index is 2450. The maximum Gasteiger partial charge on any atom is 0.408 e. The van der Waals surface area contributed by atoms with E-state index in [-0.39, 0.29) is 53.4 Å². The van der Waals surface area contributed by atoms with E-state index in [9.17, 15) is 49.2 Å².